The molecule has 2 aliphatic carbocycles. The Kier molecular flexibility index (Phi) is 1.73. The molecule has 0 aromatic heterocycles. The first kappa shape index (κ1) is 9.28. The van der Waals surface area contributed by atoms with Gasteiger partial charge in [-0.25, -0.2) is 0 Å². The average molecular weight is 192 g/mol. The summed E-state index contributed by atoms with van der Waals surface area (Å²) in [5.74, 6) is -0.847. The van der Waals surface area contributed by atoms with Gasteiger partial charge in [-0.2, -0.15) is 4.79 Å². The van der Waals surface area contributed by atoms with Crippen molar-refractivity contribution < 1.29 is 14.4 Å². The molecule has 0 aliphatic heterocycles. The molecular weight excluding hydrogens is 180 g/mol. The summed E-state index contributed by atoms with van der Waals surface area (Å²) >= 11 is 0. The molecular formula is C10H12N2O2. The Hall–Kier alpha value is -1.28. The zero-order valence-corrected chi connectivity index (χ0v) is 8.28. The van der Waals surface area contributed by atoms with Gasteiger partial charge in [0.05, 0.1) is 0 Å². The molecule has 4 nitrogen and oxygen atoms in total. The zero-order valence-electron chi connectivity index (χ0n) is 8.28. The van der Waals surface area contributed by atoms with E-state index in [2.05, 4.69) is 4.79 Å². The van der Waals surface area contributed by atoms with Gasteiger partial charge in [0, 0.05) is 11.8 Å². The average Bonchev–Trinajstić information content (AvgIpc) is 2.33. The predicted molar refractivity (Wildman–Crippen MR) is 48.6 cm³/mol. The molecule has 74 valence electrons. The van der Waals surface area contributed by atoms with E-state index in [-0.39, 0.29) is 34.5 Å². The summed E-state index contributed by atoms with van der Waals surface area (Å²) < 4.78 is 0. The fourth-order valence-corrected chi connectivity index (χ4v) is 2.81. The van der Waals surface area contributed by atoms with Crippen molar-refractivity contribution in [3.8, 4) is 0 Å². The van der Waals surface area contributed by atoms with Crippen molar-refractivity contribution in [3.63, 3.8) is 0 Å². The summed E-state index contributed by atoms with van der Waals surface area (Å²) in [4.78, 5) is 26.3. The van der Waals surface area contributed by atoms with Crippen LogP contribution >= 0.6 is 0 Å². The molecule has 2 fully saturated rings. The van der Waals surface area contributed by atoms with Gasteiger partial charge in [0.25, 0.3) is 11.6 Å². The fraction of sp³-hybridized carbons (Fsp3) is 0.700. The Morgan fingerprint density at radius 1 is 1.21 bits per heavy atom. The van der Waals surface area contributed by atoms with Crippen LogP contribution in [0.2, 0.25) is 0 Å². The molecule has 0 aromatic rings. The van der Waals surface area contributed by atoms with Crippen molar-refractivity contribution >= 4 is 17.3 Å². The second-order valence-electron chi connectivity index (χ2n) is 4.68. The third-order valence-electron chi connectivity index (χ3n) is 3.74. The van der Waals surface area contributed by atoms with Crippen molar-refractivity contribution in [2.75, 3.05) is 0 Å². The van der Waals surface area contributed by atoms with Crippen LogP contribution < -0.4 is 0 Å². The van der Waals surface area contributed by atoms with Gasteiger partial charge in [0.15, 0.2) is 0 Å². The highest BCUT2D eigenvalue weighted by atomic mass is 16.2. The van der Waals surface area contributed by atoms with E-state index in [1.807, 2.05) is 13.8 Å². The van der Waals surface area contributed by atoms with Gasteiger partial charge in [-0.15, -0.1) is 0 Å². The molecule has 2 bridgehead atoms. The number of rotatable bonds is 0. The molecule has 14 heavy (non-hydrogen) atoms. The predicted octanol–water partition coefficient (Wildman–Crippen LogP) is 0.861. The van der Waals surface area contributed by atoms with Crippen molar-refractivity contribution in [1.82, 2.24) is 0 Å². The molecule has 2 rings (SSSR count). The topological polar surface area (TPSA) is 70.5 Å². The monoisotopic (exact) mass is 192 g/mol. The van der Waals surface area contributed by atoms with Crippen LogP contribution in [0.3, 0.4) is 0 Å². The highest BCUT2D eigenvalue weighted by Gasteiger charge is 2.60. The molecule has 2 unspecified atom stereocenters. The minimum Gasteiger partial charge on any atom is -0.360 e. The number of carbonyl (C=O) groups is 2. The normalized spacial score (nSPS) is 34.6. The van der Waals surface area contributed by atoms with Crippen LogP contribution in [0.4, 0.5) is 0 Å². The van der Waals surface area contributed by atoms with Gasteiger partial charge in [0.1, 0.15) is 0 Å². The number of hydrogen-bond donors (Lipinski definition) is 0. The lowest BCUT2D eigenvalue weighted by Crippen LogP contribution is -2.48. The van der Waals surface area contributed by atoms with E-state index in [0.29, 0.717) is 0 Å². The summed E-state index contributed by atoms with van der Waals surface area (Å²) in [6, 6.07) is 0. The highest BCUT2D eigenvalue weighted by Crippen LogP contribution is 2.51. The zero-order chi connectivity index (χ0) is 10.5. The number of ketones is 2. The number of Topliss-reactive ketones (excluding diaryl/α,β-unsaturated/α-hetero) is 2. The molecule has 0 aromatic carbocycles. The Bertz CT molecular complexity index is 350. The van der Waals surface area contributed by atoms with E-state index in [1.165, 1.54) is 0 Å². The summed E-state index contributed by atoms with van der Waals surface area (Å²) in [5.41, 5.74) is 8.11. The largest absolute Gasteiger partial charge is 0.400 e. The van der Waals surface area contributed by atoms with Crippen LogP contribution in [-0.2, 0) is 9.59 Å². The van der Waals surface area contributed by atoms with Crippen LogP contribution in [0.15, 0.2) is 0 Å². The van der Waals surface area contributed by atoms with E-state index in [9.17, 15) is 9.59 Å². The van der Waals surface area contributed by atoms with Gasteiger partial charge in [-0.1, -0.05) is 13.8 Å². The van der Waals surface area contributed by atoms with Crippen LogP contribution in [0.25, 0.3) is 5.53 Å². The molecule has 0 N–H and O–H groups in total. The molecule has 0 radical (unpaired) electrons. The van der Waals surface area contributed by atoms with Crippen LogP contribution in [0, 0.1) is 17.3 Å². The quantitative estimate of drug-likeness (QED) is 0.422. The maximum Gasteiger partial charge on any atom is 0.400 e. The van der Waals surface area contributed by atoms with Gasteiger partial charge >= 0.3 is 5.71 Å². The molecule has 0 amide bonds. The van der Waals surface area contributed by atoms with Crippen molar-refractivity contribution in [1.29, 1.82) is 0 Å². The van der Waals surface area contributed by atoms with Crippen LogP contribution in [0.5, 0.6) is 0 Å². The maximum absolute atomic E-state index is 11.7. The highest BCUT2D eigenvalue weighted by molar-refractivity contribution is 6.66. The first-order valence-electron chi connectivity index (χ1n) is 4.80. The molecule has 0 heterocycles. The van der Waals surface area contributed by atoms with Crippen LogP contribution in [-0.4, -0.2) is 22.1 Å². The number of hydrogen-bond acceptors (Lipinski definition) is 2. The van der Waals surface area contributed by atoms with Crippen LogP contribution in [0.1, 0.15) is 26.7 Å². The SMILES string of the molecule is CC1(C)C2CCC1C(=O)C(=[N+]=[N-])C2=O. The Morgan fingerprint density at radius 2 is 1.64 bits per heavy atom. The third kappa shape index (κ3) is 0.891. The minimum absolute atomic E-state index is 0.143. The summed E-state index contributed by atoms with van der Waals surface area (Å²) in [6.45, 7) is 3.89. The van der Waals surface area contributed by atoms with E-state index >= 15 is 0 Å². The van der Waals surface area contributed by atoms with Gasteiger partial charge in [-0.05, 0) is 18.3 Å². The standard InChI is InChI=1S/C10H12N2O2/c1-10(2)5-3-4-6(10)9(14)7(12-11)8(5)13/h5-6H,3-4H2,1-2H3. The lowest BCUT2D eigenvalue weighted by Gasteiger charge is -2.32. The summed E-state index contributed by atoms with van der Waals surface area (Å²) in [5, 5.41) is 0. The molecule has 4 heteroatoms. The van der Waals surface area contributed by atoms with E-state index < -0.39 is 0 Å². The number of fused-ring (bicyclic) bond motifs is 2. The second kappa shape index (κ2) is 2.61. The van der Waals surface area contributed by atoms with Crippen molar-refractivity contribution in [2.45, 2.75) is 26.7 Å². The minimum atomic E-state index is -0.281. The van der Waals surface area contributed by atoms with E-state index in [0.717, 1.165) is 12.8 Å². The van der Waals surface area contributed by atoms with Crippen molar-refractivity contribution in [2.24, 2.45) is 17.3 Å². The van der Waals surface area contributed by atoms with Gasteiger partial charge in [-0.3, -0.25) is 9.59 Å². The first-order valence-corrected chi connectivity index (χ1v) is 4.80. The van der Waals surface area contributed by atoms with Gasteiger partial charge in [0.2, 0.25) is 0 Å². The Labute approximate surface area is 81.9 Å². The number of carbonyl (C=O) groups excluding carboxylic acids is 2. The molecule has 0 spiro atoms. The summed E-state index contributed by atoms with van der Waals surface area (Å²) in [6.07, 6.45) is 1.47. The Balaban J connectivity index is 2.56. The fourth-order valence-electron chi connectivity index (χ4n) is 2.81. The molecule has 0 saturated heterocycles. The Morgan fingerprint density at radius 3 is 2.00 bits per heavy atom. The molecule has 2 atom stereocenters. The maximum atomic E-state index is 11.7. The third-order valence-corrected chi connectivity index (χ3v) is 3.74. The summed E-state index contributed by atoms with van der Waals surface area (Å²) in [7, 11) is 0. The first-order chi connectivity index (χ1) is 6.50. The van der Waals surface area contributed by atoms with E-state index in [1.54, 1.807) is 0 Å². The molecule has 2 aliphatic rings. The second-order valence-corrected chi connectivity index (χ2v) is 4.68. The van der Waals surface area contributed by atoms with Crippen molar-refractivity contribution in [3.05, 3.63) is 5.53 Å². The van der Waals surface area contributed by atoms with Gasteiger partial charge < -0.3 is 5.53 Å². The van der Waals surface area contributed by atoms with E-state index in [4.69, 9.17) is 5.53 Å². The molecule has 2 saturated carbocycles. The number of nitrogens with zero attached hydrogens (tertiary/aromatic N) is 2. The lowest BCUT2D eigenvalue weighted by molar-refractivity contribution is -0.135. The lowest BCUT2D eigenvalue weighted by atomic mass is 9.66. The smallest absolute Gasteiger partial charge is 0.360 e.